The number of nitrogens with two attached hydrogens (primary N) is 1. The van der Waals surface area contributed by atoms with Gasteiger partial charge in [-0.15, -0.1) is 0 Å². The molecule has 3 N–H and O–H groups in total. The van der Waals surface area contributed by atoms with Crippen molar-refractivity contribution < 1.29 is 9.53 Å². The van der Waals surface area contributed by atoms with Crippen molar-refractivity contribution in [2.24, 2.45) is 5.73 Å². The Morgan fingerprint density at radius 3 is 2.67 bits per heavy atom. The molecule has 0 aliphatic heterocycles. The Morgan fingerprint density at radius 1 is 1.11 bits per heavy atom. The first kappa shape index (κ1) is 17.6. The Labute approximate surface area is 159 Å². The summed E-state index contributed by atoms with van der Waals surface area (Å²) in [5, 5.41) is 5.70. The number of carbonyl (C=O) groups excluding carboxylic acids is 1. The van der Waals surface area contributed by atoms with Crippen molar-refractivity contribution in [3.63, 3.8) is 0 Å². The average molecular weight is 360 g/mol. The van der Waals surface area contributed by atoms with E-state index >= 15 is 0 Å². The first-order chi connectivity index (χ1) is 13.1. The van der Waals surface area contributed by atoms with E-state index in [1.165, 1.54) is 16.3 Å². The molecule has 1 aliphatic rings. The van der Waals surface area contributed by atoms with Crippen LogP contribution in [-0.4, -0.2) is 19.1 Å². The fraction of sp³-hybridized carbons (Fsp3) is 0.261. The number of amides is 1. The molecular formula is C23H24N2O2. The number of fused-ring (bicyclic) bond motifs is 1. The summed E-state index contributed by atoms with van der Waals surface area (Å²) in [6, 6.07) is 20.2. The first-order valence-electron chi connectivity index (χ1n) is 9.37. The molecule has 0 spiro atoms. The fourth-order valence-corrected chi connectivity index (χ4v) is 3.63. The lowest BCUT2D eigenvalue weighted by Gasteiger charge is -2.21. The molecule has 27 heavy (non-hydrogen) atoms. The Balaban J connectivity index is 1.63. The number of aryl methyl sites for hydroxylation is 1. The van der Waals surface area contributed by atoms with E-state index in [0.717, 1.165) is 18.4 Å². The molecule has 1 aliphatic carbocycles. The molecule has 0 heterocycles. The van der Waals surface area contributed by atoms with E-state index in [9.17, 15) is 4.79 Å². The van der Waals surface area contributed by atoms with Crippen LogP contribution in [0.2, 0.25) is 0 Å². The van der Waals surface area contributed by atoms with Gasteiger partial charge in [0.25, 0.3) is 5.91 Å². The third-order valence-electron chi connectivity index (χ3n) is 5.25. The van der Waals surface area contributed by atoms with Gasteiger partial charge in [0.15, 0.2) is 0 Å². The Morgan fingerprint density at radius 2 is 1.89 bits per heavy atom. The van der Waals surface area contributed by atoms with Crippen molar-refractivity contribution in [3.05, 3.63) is 77.4 Å². The van der Waals surface area contributed by atoms with Crippen molar-refractivity contribution in [2.75, 3.05) is 13.2 Å². The number of ether oxygens (including phenoxy) is 1. The van der Waals surface area contributed by atoms with Crippen LogP contribution in [0.25, 0.3) is 10.8 Å². The van der Waals surface area contributed by atoms with Gasteiger partial charge in [0.2, 0.25) is 0 Å². The van der Waals surface area contributed by atoms with E-state index in [0.29, 0.717) is 24.5 Å². The Hall–Kier alpha value is -2.85. The van der Waals surface area contributed by atoms with Gasteiger partial charge in [0, 0.05) is 12.1 Å². The number of hydrogen-bond donors (Lipinski definition) is 2. The molecule has 4 rings (SSSR count). The van der Waals surface area contributed by atoms with Crippen molar-refractivity contribution in [1.29, 1.82) is 0 Å². The monoisotopic (exact) mass is 360 g/mol. The molecule has 1 fully saturated rings. The van der Waals surface area contributed by atoms with E-state index in [1.54, 1.807) is 6.07 Å². The molecule has 0 unspecified atom stereocenters. The van der Waals surface area contributed by atoms with Crippen molar-refractivity contribution in [1.82, 2.24) is 5.32 Å². The summed E-state index contributed by atoms with van der Waals surface area (Å²) >= 11 is 0. The predicted octanol–water partition coefficient (Wildman–Crippen LogP) is 3.90. The van der Waals surface area contributed by atoms with Crippen molar-refractivity contribution >= 4 is 16.7 Å². The van der Waals surface area contributed by atoms with Crippen LogP contribution in [0.5, 0.6) is 5.75 Å². The standard InChI is InChI=1S/C23H24N2O2/c1-16-9-10-18(27-14-13-24)15-20(16)22(26)25-23(11-12-23)21-8-4-6-17-5-2-3-7-19(17)21/h2-10,15H,11-14,24H2,1H3,(H,25,26). The number of rotatable bonds is 6. The molecule has 1 saturated carbocycles. The minimum atomic E-state index is -0.279. The smallest absolute Gasteiger partial charge is 0.252 e. The molecule has 0 bridgehead atoms. The number of benzene rings is 3. The van der Waals surface area contributed by atoms with Gasteiger partial charge < -0.3 is 15.8 Å². The van der Waals surface area contributed by atoms with E-state index in [2.05, 4.69) is 35.6 Å². The maximum atomic E-state index is 13.1. The topological polar surface area (TPSA) is 64.3 Å². The SMILES string of the molecule is Cc1ccc(OCCN)cc1C(=O)NC1(c2cccc3ccccc23)CC1. The summed E-state index contributed by atoms with van der Waals surface area (Å²) in [6.07, 6.45) is 1.91. The molecule has 1 amide bonds. The number of hydrogen-bond acceptors (Lipinski definition) is 3. The zero-order valence-corrected chi connectivity index (χ0v) is 15.5. The lowest BCUT2D eigenvalue weighted by atomic mass is 9.96. The number of carbonyl (C=O) groups is 1. The maximum absolute atomic E-state index is 13.1. The minimum absolute atomic E-state index is 0.0591. The highest BCUT2D eigenvalue weighted by Gasteiger charge is 2.46. The lowest BCUT2D eigenvalue weighted by molar-refractivity contribution is 0.0930. The second-order valence-corrected chi connectivity index (χ2v) is 7.18. The molecule has 0 radical (unpaired) electrons. The van der Waals surface area contributed by atoms with Gasteiger partial charge in [-0.2, -0.15) is 0 Å². The summed E-state index contributed by atoms with van der Waals surface area (Å²) in [4.78, 5) is 13.1. The van der Waals surface area contributed by atoms with Gasteiger partial charge in [-0.3, -0.25) is 4.79 Å². The third-order valence-corrected chi connectivity index (χ3v) is 5.25. The van der Waals surface area contributed by atoms with E-state index < -0.39 is 0 Å². The molecule has 4 nitrogen and oxygen atoms in total. The van der Waals surface area contributed by atoms with Crippen LogP contribution in [0.3, 0.4) is 0 Å². The molecule has 3 aromatic carbocycles. The van der Waals surface area contributed by atoms with Gasteiger partial charge in [0.1, 0.15) is 12.4 Å². The summed E-state index contributed by atoms with van der Waals surface area (Å²) in [5.41, 5.74) is 8.00. The van der Waals surface area contributed by atoms with Crippen LogP contribution in [0, 0.1) is 6.92 Å². The quantitative estimate of drug-likeness (QED) is 0.701. The highest BCUT2D eigenvalue weighted by molar-refractivity contribution is 5.97. The van der Waals surface area contributed by atoms with Gasteiger partial charge in [-0.25, -0.2) is 0 Å². The molecule has 3 aromatic rings. The van der Waals surface area contributed by atoms with E-state index in [4.69, 9.17) is 10.5 Å². The second kappa shape index (κ2) is 7.05. The van der Waals surface area contributed by atoms with Gasteiger partial charge in [-0.1, -0.05) is 48.5 Å². The van der Waals surface area contributed by atoms with Crippen LogP contribution in [0.1, 0.15) is 34.3 Å². The van der Waals surface area contributed by atoms with E-state index in [1.807, 2.05) is 31.2 Å². The van der Waals surface area contributed by atoms with Crippen molar-refractivity contribution in [2.45, 2.75) is 25.3 Å². The summed E-state index contributed by atoms with van der Waals surface area (Å²) in [6.45, 7) is 2.82. The summed E-state index contributed by atoms with van der Waals surface area (Å²) in [5.74, 6) is 0.613. The molecule has 0 aromatic heterocycles. The Kier molecular flexibility index (Phi) is 4.58. The normalized spacial score (nSPS) is 14.7. The molecule has 4 heteroatoms. The largest absolute Gasteiger partial charge is 0.492 e. The zero-order chi connectivity index (χ0) is 18.9. The van der Waals surface area contributed by atoms with Crippen LogP contribution >= 0.6 is 0 Å². The predicted molar refractivity (Wildman–Crippen MR) is 108 cm³/mol. The van der Waals surface area contributed by atoms with Crippen LogP contribution in [0.4, 0.5) is 0 Å². The summed E-state index contributed by atoms with van der Waals surface area (Å²) in [7, 11) is 0. The van der Waals surface area contributed by atoms with Gasteiger partial charge >= 0.3 is 0 Å². The van der Waals surface area contributed by atoms with Crippen LogP contribution in [-0.2, 0) is 5.54 Å². The summed E-state index contributed by atoms with van der Waals surface area (Å²) < 4.78 is 5.58. The highest BCUT2D eigenvalue weighted by atomic mass is 16.5. The van der Waals surface area contributed by atoms with Gasteiger partial charge in [0.05, 0.1) is 5.54 Å². The van der Waals surface area contributed by atoms with Crippen LogP contribution in [0.15, 0.2) is 60.7 Å². The zero-order valence-electron chi connectivity index (χ0n) is 15.5. The third kappa shape index (κ3) is 3.40. The average Bonchev–Trinajstić information content (AvgIpc) is 3.47. The van der Waals surface area contributed by atoms with E-state index in [-0.39, 0.29) is 11.4 Å². The minimum Gasteiger partial charge on any atom is -0.492 e. The van der Waals surface area contributed by atoms with Crippen LogP contribution < -0.4 is 15.8 Å². The molecule has 0 saturated heterocycles. The number of nitrogens with one attached hydrogen (secondary N) is 1. The second-order valence-electron chi connectivity index (χ2n) is 7.18. The first-order valence-corrected chi connectivity index (χ1v) is 9.37. The molecular weight excluding hydrogens is 336 g/mol. The molecule has 138 valence electrons. The molecule has 0 atom stereocenters. The van der Waals surface area contributed by atoms with Crippen molar-refractivity contribution in [3.8, 4) is 5.75 Å². The fourth-order valence-electron chi connectivity index (χ4n) is 3.63. The maximum Gasteiger partial charge on any atom is 0.252 e. The van der Waals surface area contributed by atoms with Gasteiger partial charge in [-0.05, 0) is 53.8 Å². The Bertz CT molecular complexity index is 987. The highest BCUT2D eigenvalue weighted by Crippen LogP contribution is 2.48. The lowest BCUT2D eigenvalue weighted by Crippen LogP contribution is -2.35.